The lowest BCUT2D eigenvalue weighted by molar-refractivity contribution is 0.0730. The summed E-state index contributed by atoms with van der Waals surface area (Å²) < 4.78 is 5.43. The first kappa shape index (κ1) is 16.4. The molecule has 2 aromatic carbocycles. The van der Waals surface area contributed by atoms with Crippen molar-refractivity contribution < 1.29 is 9.53 Å². The van der Waals surface area contributed by atoms with Crippen LogP contribution in [0.2, 0.25) is 0 Å². The fourth-order valence-electron chi connectivity index (χ4n) is 3.31. The molecule has 0 spiro atoms. The number of carbonyl (C=O) groups is 1. The zero-order valence-electron chi connectivity index (χ0n) is 14.6. The van der Waals surface area contributed by atoms with Crippen LogP contribution in [0.4, 0.5) is 0 Å². The van der Waals surface area contributed by atoms with Gasteiger partial charge in [-0.3, -0.25) is 9.59 Å². The lowest BCUT2D eigenvalue weighted by Gasteiger charge is -2.24. The Balaban J connectivity index is 1.74. The third-order valence-electron chi connectivity index (χ3n) is 4.76. The molecule has 1 N–H and O–H groups in total. The minimum Gasteiger partial charge on any atom is -0.496 e. The molecule has 0 aliphatic heterocycles. The van der Waals surface area contributed by atoms with E-state index in [9.17, 15) is 9.59 Å². The first-order valence-corrected chi connectivity index (χ1v) is 8.72. The van der Waals surface area contributed by atoms with Crippen LogP contribution in [0.25, 0.3) is 10.9 Å². The molecule has 1 heterocycles. The summed E-state index contributed by atoms with van der Waals surface area (Å²) in [7, 11) is 1.63. The Morgan fingerprint density at radius 3 is 2.65 bits per heavy atom. The monoisotopic (exact) mass is 348 g/mol. The van der Waals surface area contributed by atoms with Crippen LogP contribution in [0.15, 0.2) is 59.4 Å². The number of para-hydroxylation sites is 2. The maximum Gasteiger partial charge on any atom is 0.255 e. The van der Waals surface area contributed by atoms with Crippen LogP contribution in [0, 0.1) is 0 Å². The third-order valence-corrected chi connectivity index (χ3v) is 4.76. The van der Waals surface area contributed by atoms with Crippen LogP contribution < -0.4 is 10.3 Å². The predicted molar refractivity (Wildman–Crippen MR) is 100 cm³/mol. The highest BCUT2D eigenvalue weighted by atomic mass is 16.5. The highest BCUT2D eigenvalue weighted by molar-refractivity contribution is 6.06. The van der Waals surface area contributed by atoms with Gasteiger partial charge in [0.1, 0.15) is 5.75 Å². The summed E-state index contributed by atoms with van der Waals surface area (Å²) in [5.41, 5.74) is 1.83. The molecule has 1 aliphatic rings. The molecule has 132 valence electrons. The minimum atomic E-state index is -0.264. The van der Waals surface area contributed by atoms with Crippen molar-refractivity contribution >= 4 is 16.8 Å². The number of aromatic amines is 1. The molecule has 0 unspecified atom stereocenters. The molecule has 26 heavy (non-hydrogen) atoms. The maximum absolute atomic E-state index is 13.3. The molecule has 4 rings (SSSR count). The van der Waals surface area contributed by atoms with Crippen molar-refractivity contribution in [1.82, 2.24) is 9.88 Å². The number of pyridine rings is 1. The lowest BCUT2D eigenvalue weighted by Crippen LogP contribution is -2.33. The Kier molecular flexibility index (Phi) is 4.21. The van der Waals surface area contributed by atoms with Gasteiger partial charge in [-0.25, -0.2) is 0 Å². The highest BCUT2D eigenvalue weighted by Gasteiger charge is 2.34. The number of benzene rings is 2. The van der Waals surface area contributed by atoms with E-state index in [1.54, 1.807) is 7.11 Å². The number of nitrogens with zero attached hydrogens (tertiary/aromatic N) is 1. The summed E-state index contributed by atoms with van der Waals surface area (Å²) in [6.07, 6.45) is 1.98. The normalized spacial score (nSPS) is 13.6. The van der Waals surface area contributed by atoms with Crippen molar-refractivity contribution in [2.24, 2.45) is 0 Å². The average molecular weight is 348 g/mol. The Labute approximate surface area is 151 Å². The van der Waals surface area contributed by atoms with Crippen LogP contribution >= 0.6 is 0 Å². The number of aromatic nitrogens is 1. The summed E-state index contributed by atoms with van der Waals surface area (Å²) in [4.78, 5) is 30.0. The van der Waals surface area contributed by atoms with Crippen molar-refractivity contribution in [3.8, 4) is 5.75 Å². The van der Waals surface area contributed by atoms with E-state index < -0.39 is 0 Å². The molecule has 5 nitrogen and oxygen atoms in total. The van der Waals surface area contributed by atoms with E-state index in [2.05, 4.69) is 4.98 Å². The summed E-state index contributed by atoms with van der Waals surface area (Å²) in [5.74, 6) is 0.655. The van der Waals surface area contributed by atoms with E-state index in [1.807, 2.05) is 53.4 Å². The second-order valence-electron chi connectivity index (χ2n) is 6.57. The van der Waals surface area contributed by atoms with Crippen LogP contribution in [0.3, 0.4) is 0 Å². The van der Waals surface area contributed by atoms with Gasteiger partial charge in [-0.05, 0) is 25.0 Å². The van der Waals surface area contributed by atoms with Crippen LogP contribution in [0.1, 0.15) is 28.8 Å². The van der Waals surface area contributed by atoms with E-state index in [-0.39, 0.29) is 17.5 Å². The molecular formula is C21H20N2O3. The van der Waals surface area contributed by atoms with Crippen molar-refractivity contribution in [2.75, 3.05) is 7.11 Å². The third kappa shape index (κ3) is 3.08. The molecular weight excluding hydrogens is 328 g/mol. The Morgan fingerprint density at radius 1 is 1.15 bits per heavy atom. The molecule has 3 aromatic rings. The van der Waals surface area contributed by atoms with Gasteiger partial charge in [-0.2, -0.15) is 0 Å². The first-order chi connectivity index (χ1) is 12.7. The van der Waals surface area contributed by atoms with Gasteiger partial charge in [0.25, 0.3) is 5.91 Å². The summed E-state index contributed by atoms with van der Waals surface area (Å²) >= 11 is 0. The quantitative estimate of drug-likeness (QED) is 0.769. The molecule has 1 amide bonds. The van der Waals surface area contributed by atoms with Crippen molar-refractivity contribution in [3.05, 3.63) is 76.1 Å². The molecule has 0 saturated heterocycles. The first-order valence-electron chi connectivity index (χ1n) is 8.72. The molecule has 0 atom stereocenters. The highest BCUT2D eigenvalue weighted by Crippen LogP contribution is 2.32. The minimum absolute atomic E-state index is 0.110. The molecule has 1 aromatic heterocycles. The number of H-pyrrole nitrogens is 1. The van der Waals surface area contributed by atoms with Gasteiger partial charge in [0.2, 0.25) is 5.56 Å². The van der Waals surface area contributed by atoms with E-state index >= 15 is 0 Å². The molecule has 5 heteroatoms. The van der Waals surface area contributed by atoms with Crippen molar-refractivity contribution in [3.63, 3.8) is 0 Å². The van der Waals surface area contributed by atoms with Gasteiger partial charge in [0.05, 0.1) is 12.7 Å². The molecule has 0 radical (unpaired) electrons. The number of hydrogen-bond donors (Lipinski definition) is 1. The van der Waals surface area contributed by atoms with Crippen molar-refractivity contribution in [2.45, 2.75) is 25.4 Å². The van der Waals surface area contributed by atoms with Crippen LogP contribution in [-0.4, -0.2) is 28.9 Å². The van der Waals surface area contributed by atoms with Gasteiger partial charge >= 0.3 is 0 Å². The standard InChI is InChI=1S/C21H20N2O3/c1-26-19-9-5-2-6-14(19)13-23(15-10-11-15)21(25)17-12-20(24)22-18-8-4-3-7-16(17)18/h2-9,12,15H,10-11,13H2,1H3,(H,22,24). The summed E-state index contributed by atoms with van der Waals surface area (Å²) in [6.45, 7) is 0.467. The SMILES string of the molecule is COc1ccccc1CN(C(=O)c1cc(=O)[nH]c2ccccc12)C1CC1. The zero-order chi connectivity index (χ0) is 18.1. The number of fused-ring (bicyclic) bond motifs is 1. The number of methoxy groups -OCH3 is 1. The van der Waals surface area contributed by atoms with Gasteiger partial charge in [-0.15, -0.1) is 0 Å². The largest absolute Gasteiger partial charge is 0.496 e. The number of nitrogens with one attached hydrogen (secondary N) is 1. The second-order valence-corrected chi connectivity index (χ2v) is 6.57. The fraction of sp³-hybridized carbons (Fsp3) is 0.238. The topological polar surface area (TPSA) is 62.4 Å². The van der Waals surface area contributed by atoms with Crippen LogP contribution in [-0.2, 0) is 6.54 Å². The summed E-state index contributed by atoms with van der Waals surface area (Å²) in [6, 6.07) is 16.7. The van der Waals surface area contributed by atoms with E-state index in [0.717, 1.165) is 29.5 Å². The Bertz CT molecular complexity index is 1020. The Hall–Kier alpha value is -3.08. The second kappa shape index (κ2) is 6.67. The molecule has 1 fully saturated rings. The van der Waals surface area contributed by atoms with Gasteiger partial charge < -0.3 is 14.6 Å². The molecule has 0 bridgehead atoms. The maximum atomic E-state index is 13.3. The predicted octanol–water partition coefficient (Wildman–Crippen LogP) is 3.34. The van der Waals surface area contributed by atoms with Crippen LogP contribution in [0.5, 0.6) is 5.75 Å². The van der Waals surface area contributed by atoms with Crippen molar-refractivity contribution in [1.29, 1.82) is 0 Å². The van der Waals surface area contributed by atoms with E-state index in [4.69, 9.17) is 4.74 Å². The number of amides is 1. The number of rotatable bonds is 5. The summed E-state index contributed by atoms with van der Waals surface area (Å²) in [5, 5.41) is 0.766. The molecule has 1 saturated carbocycles. The van der Waals surface area contributed by atoms with E-state index in [0.29, 0.717) is 17.6 Å². The van der Waals surface area contributed by atoms with Gasteiger partial charge in [0.15, 0.2) is 0 Å². The zero-order valence-corrected chi connectivity index (χ0v) is 14.6. The lowest BCUT2D eigenvalue weighted by atomic mass is 10.1. The molecule has 1 aliphatic carbocycles. The Morgan fingerprint density at radius 2 is 1.88 bits per heavy atom. The number of hydrogen-bond acceptors (Lipinski definition) is 3. The average Bonchev–Trinajstić information content (AvgIpc) is 3.50. The number of carbonyl (C=O) groups excluding carboxylic acids is 1. The smallest absolute Gasteiger partial charge is 0.255 e. The number of ether oxygens (including phenoxy) is 1. The van der Waals surface area contributed by atoms with E-state index in [1.165, 1.54) is 6.07 Å². The fourth-order valence-corrected chi connectivity index (χ4v) is 3.31. The van der Waals surface area contributed by atoms with Gasteiger partial charge in [-0.1, -0.05) is 36.4 Å². The van der Waals surface area contributed by atoms with Gasteiger partial charge in [0, 0.05) is 35.1 Å².